The largest absolute Gasteiger partial charge is 0.444 e. The molecular weight excluding hydrogens is 262 g/mol. The number of nitrogens with two attached hydrogens (primary N) is 1. The van der Waals surface area contributed by atoms with Crippen LogP contribution in [0, 0.1) is 0 Å². The number of nitrogens with zero attached hydrogens (tertiary/aromatic N) is 1. The SMILES string of the molecule is CC(N)CCNC(=O)Cc1coc(-c2cccs2)n1. The predicted molar refractivity (Wildman–Crippen MR) is 74.8 cm³/mol. The molecule has 0 spiro atoms. The molecule has 0 aliphatic rings. The monoisotopic (exact) mass is 279 g/mol. The highest BCUT2D eigenvalue weighted by atomic mass is 32.1. The van der Waals surface area contributed by atoms with Crippen LogP contribution in [-0.2, 0) is 11.2 Å². The third-order valence-corrected chi connectivity index (χ3v) is 3.41. The predicted octanol–water partition coefficient (Wildman–Crippen LogP) is 1.80. The van der Waals surface area contributed by atoms with Gasteiger partial charge in [-0.25, -0.2) is 4.98 Å². The molecule has 0 bridgehead atoms. The summed E-state index contributed by atoms with van der Waals surface area (Å²) >= 11 is 1.55. The second kappa shape index (κ2) is 6.49. The van der Waals surface area contributed by atoms with Gasteiger partial charge in [0.05, 0.1) is 17.0 Å². The van der Waals surface area contributed by atoms with Gasteiger partial charge >= 0.3 is 0 Å². The minimum absolute atomic E-state index is 0.0633. The van der Waals surface area contributed by atoms with Crippen LogP contribution in [-0.4, -0.2) is 23.5 Å². The van der Waals surface area contributed by atoms with E-state index in [2.05, 4.69) is 10.3 Å². The summed E-state index contributed by atoms with van der Waals surface area (Å²) in [5, 5.41) is 4.77. The van der Waals surface area contributed by atoms with Gasteiger partial charge in [0.25, 0.3) is 0 Å². The highest BCUT2D eigenvalue weighted by Gasteiger charge is 2.10. The Labute approximate surface area is 115 Å². The lowest BCUT2D eigenvalue weighted by atomic mass is 10.2. The fraction of sp³-hybridized carbons (Fsp3) is 0.385. The molecule has 0 aliphatic carbocycles. The van der Waals surface area contributed by atoms with Crippen LogP contribution in [0.1, 0.15) is 19.0 Å². The van der Waals surface area contributed by atoms with Crippen LogP contribution in [0.5, 0.6) is 0 Å². The number of rotatable bonds is 6. The van der Waals surface area contributed by atoms with Gasteiger partial charge < -0.3 is 15.5 Å². The van der Waals surface area contributed by atoms with Crippen LogP contribution in [0.2, 0.25) is 0 Å². The van der Waals surface area contributed by atoms with E-state index in [4.69, 9.17) is 10.2 Å². The van der Waals surface area contributed by atoms with Gasteiger partial charge in [0.15, 0.2) is 0 Å². The number of thiophene rings is 1. The zero-order valence-corrected chi connectivity index (χ0v) is 11.6. The molecular formula is C13H17N3O2S. The standard InChI is InChI=1S/C13H17N3O2S/c1-9(14)4-5-15-12(17)7-10-8-18-13(16-10)11-3-2-6-19-11/h2-3,6,8-9H,4-5,7,14H2,1H3,(H,15,17). The van der Waals surface area contributed by atoms with E-state index < -0.39 is 0 Å². The second-order valence-electron chi connectivity index (χ2n) is 4.41. The van der Waals surface area contributed by atoms with Crippen molar-refractivity contribution in [1.82, 2.24) is 10.3 Å². The molecule has 1 amide bonds. The molecule has 0 saturated heterocycles. The molecule has 2 aromatic rings. The topological polar surface area (TPSA) is 81.1 Å². The first kappa shape index (κ1) is 13.8. The first-order chi connectivity index (χ1) is 9.15. The Bertz CT molecular complexity index is 520. The first-order valence-corrected chi connectivity index (χ1v) is 7.03. The van der Waals surface area contributed by atoms with E-state index in [0.717, 1.165) is 11.3 Å². The van der Waals surface area contributed by atoms with Crippen LogP contribution in [0.25, 0.3) is 10.8 Å². The highest BCUT2D eigenvalue weighted by Crippen LogP contribution is 2.23. The van der Waals surface area contributed by atoms with Gasteiger partial charge in [-0.3, -0.25) is 4.79 Å². The minimum atomic E-state index is -0.0633. The summed E-state index contributed by atoms with van der Waals surface area (Å²) in [6, 6.07) is 3.96. The molecule has 1 atom stereocenters. The van der Waals surface area contributed by atoms with Crippen molar-refractivity contribution in [3.05, 3.63) is 29.5 Å². The number of carbonyl (C=O) groups excluding carboxylic acids is 1. The molecule has 2 heterocycles. The molecule has 1 unspecified atom stereocenters. The van der Waals surface area contributed by atoms with Crippen molar-refractivity contribution in [2.45, 2.75) is 25.8 Å². The summed E-state index contributed by atoms with van der Waals surface area (Å²) < 4.78 is 5.35. The minimum Gasteiger partial charge on any atom is -0.444 e. The van der Waals surface area contributed by atoms with E-state index in [-0.39, 0.29) is 18.4 Å². The number of aromatic nitrogens is 1. The molecule has 0 radical (unpaired) electrons. The number of hydrogen-bond acceptors (Lipinski definition) is 5. The van der Waals surface area contributed by atoms with Gasteiger partial charge in [-0.15, -0.1) is 11.3 Å². The summed E-state index contributed by atoms with van der Waals surface area (Å²) in [5.74, 6) is 0.500. The highest BCUT2D eigenvalue weighted by molar-refractivity contribution is 7.13. The van der Waals surface area contributed by atoms with Gasteiger partial charge in [-0.1, -0.05) is 6.07 Å². The summed E-state index contributed by atoms with van der Waals surface area (Å²) in [6.07, 6.45) is 2.53. The van der Waals surface area contributed by atoms with E-state index in [1.54, 1.807) is 11.3 Å². The maximum absolute atomic E-state index is 11.7. The number of carbonyl (C=O) groups is 1. The fourth-order valence-electron chi connectivity index (χ4n) is 1.57. The van der Waals surface area contributed by atoms with Gasteiger partial charge in [0.1, 0.15) is 6.26 Å². The number of nitrogens with one attached hydrogen (secondary N) is 1. The molecule has 0 saturated carbocycles. The number of hydrogen-bond donors (Lipinski definition) is 2. The summed E-state index contributed by atoms with van der Waals surface area (Å²) in [5.41, 5.74) is 6.25. The third-order valence-electron chi connectivity index (χ3n) is 2.55. The van der Waals surface area contributed by atoms with Gasteiger partial charge in [-0.05, 0) is 24.8 Å². The summed E-state index contributed by atoms with van der Waals surface area (Å²) in [7, 11) is 0. The van der Waals surface area contributed by atoms with Gasteiger partial charge in [0, 0.05) is 12.6 Å². The Morgan fingerprint density at radius 1 is 1.63 bits per heavy atom. The maximum atomic E-state index is 11.7. The molecule has 0 aliphatic heterocycles. The second-order valence-corrected chi connectivity index (χ2v) is 5.36. The van der Waals surface area contributed by atoms with Crippen molar-refractivity contribution in [3.8, 4) is 10.8 Å². The van der Waals surface area contributed by atoms with Gasteiger partial charge in [0.2, 0.25) is 11.8 Å². The Balaban J connectivity index is 1.84. The quantitative estimate of drug-likeness (QED) is 0.845. The lowest BCUT2D eigenvalue weighted by Gasteiger charge is -2.05. The Kier molecular flexibility index (Phi) is 4.70. The van der Waals surface area contributed by atoms with E-state index in [9.17, 15) is 4.79 Å². The maximum Gasteiger partial charge on any atom is 0.236 e. The molecule has 2 rings (SSSR count). The van der Waals surface area contributed by atoms with E-state index >= 15 is 0 Å². The average Bonchev–Trinajstić information content (AvgIpc) is 2.97. The molecule has 5 nitrogen and oxygen atoms in total. The normalized spacial score (nSPS) is 12.3. The van der Waals surface area contributed by atoms with Crippen LogP contribution >= 0.6 is 11.3 Å². The number of amides is 1. The van der Waals surface area contributed by atoms with Crippen molar-refractivity contribution < 1.29 is 9.21 Å². The smallest absolute Gasteiger partial charge is 0.236 e. The number of oxazole rings is 1. The Morgan fingerprint density at radius 2 is 2.47 bits per heavy atom. The summed E-state index contributed by atoms with van der Waals surface area (Å²) in [6.45, 7) is 2.50. The zero-order chi connectivity index (χ0) is 13.7. The zero-order valence-electron chi connectivity index (χ0n) is 10.8. The van der Waals surface area contributed by atoms with Crippen LogP contribution in [0.3, 0.4) is 0 Å². The molecule has 19 heavy (non-hydrogen) atoms. The fourth-order valence-corrected chi connectivity index (χ4v) is 2.22. The molecule has 102 valence electrons. The van der Waals surface area contributed by atoms with Crippen molar-refractivity contribution in [2.75, 3.05) is 6.54 Å². The van der Waals surface area contributed by atoms with Crippen molar-refractivity contribution in [1.29, 1.82) is 0 Å². The van der Waals surface area contributed by atoms with Crippen LogP contribution < -0.4 is 11.1 Å². The lowest BCUT2D eigenvalue weighted by molar-refractivity contribution is -0.120. The molecule has 6 heteroatoms. The van der Waals surface area contributed by atoms with Crippen molar-refractivity contribution in [2.24, 2.45) is 5.73 Å². The first-order valence-electron chi connectivity index (χ1n) is 6.15. The van der Waals surface area contributed by atoms with E-state index in [0.29, 0.717) is 18.1 Å². The molecule has 0 fully saturated rings. The average molecular weight is 279 g/mol. The molecule has 2 aromatic heterocycles. The van der Waals surface area contributed by atoms with Crippen LogP contribution in [0.4, 0.5) is 0 Å². The van der Waals surface area contributed by atoms with E-state index in [1.165, 1.54) is 6.26 Å². The van der Waals surface area contributed by atoms with Crippen LogP contribution in [0.15, 0.2) is 28.2 Å². The van der Waals surface area contributed by atoms with E-state index in [1.807, 2.05) is 24.4 Å². The lowest BCUT2D eigenvalue weighted by Crippen LogP contribution is -2.30. The third kappa shape index (κ3) is 4.18. The molecule has 0 aromatic carbocycles. The Hall–Kier alpha value is -1.66. The molecule has 3 N–H and O–H groups in total. The van der Waals surface area contributed by atoms with Gasteiger partial charge in [-0.2, -0.15) is 0 Å². The van der Waals surface area contributed by atoms with Crippen molar-refractivity contribution >= 4 is 17.2 Å². The summed E-state index contributed by atoms with van der Waals surface area (Å²) in [4.78, 5) is 16.9. The van der Waals surface area contributed by atoms with Crippen molar-refractivity contribution in [3.63, 3.8) is 0 Å². The Morgan fingerprint density at radius 3 is 3.16 bits per heavy atom.